The zero-order valence-electron chi connectivity index (χ0n) is 10.0. The number of rotatable bonds is 5. The highest BCUT2D eigenvalue weighted by Crippen LogP contribution is 2.22. The van der Waals surface area contributed by atoms with Crippen molar-refractivity contribution in [2.75, 3.05) is 29.6 Å². The van der Waals surface area contributed by atoms with Crippen molar-refractivity contribution in [2.24, 2.45) is 5.92 Å². The summed E-state index contributed by atoms with van der Waals surface area (Å²) in [5, 5.41) is 3.26. The van der Waals surface area contributed by atoms with Crippen LogP contribution in [0.4, 0.5) is 15.8 Å². The van der Waals surface area contributed by atoms with Gasteiger partial charge >= 0.3 is 0 Å². The Hall–Kier alpha value is -0.900. The lowest BCUT2D eigenvalue weighted by Crippen LogP contribution is -2.14. The van der Waals surface area contributed by atoms with Crippen LogP contribution in [0, 0.1) is 18.7 Å². The van der Waals surface area contributed by atoms with E-state index in [-0.39, 0.29) is 5.82 Å². The average molecular weight is 242 g/mol. The third kappa shape index (κ3) is 3.59. The van der Waals surface area contributed by atoms with Crippen LogP contribution in [-0.4, -0.2) is 18.6 Å². The predicted octanol–water partition coefficient (Wildman–Crippen LogP) is 3.13. The molecule has 0 bridgehead atoms. The predicted molar refractivity (Wildman–Crippen MR) is 71.6 cm³/mol. The van der Waals surface area contributed by atoms with Gasteiger partial charge in [0, 0.05) is 6.54 Å². The van der Waals surface area contributed by atoms with Crippen molar-refractivity contribution in [1.82, 2.24) is 0 Å². The summed E-state index contributed by atoms with van der Waals surface area (Å²) in [6.45, 7) is 4.78. The number of thioether (sulfide) groups is 1. The lowest BCUT2D eigenvalue weighted by atomic mass is 10.1. The second-order valence-electron chi connectivity index (χ2n) is 4.13. The van der Waals surface area contributed by atoms with Crippen LogP contribution in [0.15, 0.2) is 12.1 Å². The fourth-order valence-corrected chi connectivity index (χ4v) is 2.16. The number of hydrogen-bond acceptors (Lipinski definition) is 3. The highest BCUT2D eigenvalue weighted by Gasteiger charge is 2.06. The van der Waals surface area contributed by atoms with E-state index in [1.807, 2.05) is 11.8 Å². The van der Waals surface area contributed by atoms with E-state index in [4.69, 9.17) is 5.73 Å². The lowest BCUT2D eigenvalue weighted by molar-refractivity contribution is 0.619. The standard InChI is InChI=1S/C12H19FN2S/c1-8(7-16-3)6-15-12-4-9(2)10(13)5-11(12)14/h4-5,8,15H,6-7,14H2,1-3H3. The van der Waals surface area contributed by atoms with Gasteiger partial charge in [0.2, 0.25) is 0 Å². The smallest absolute Gasteiger partial charge is 0.128 e. The van der Waals surface area contributed by atoms with Crippen LogP contribution in [0.5, 0.6) is 0 Å². The van der Waals surface area contributed by atoms with Crippen molar-refractivity contribution < 1.29 is 4.39 Å². The Bertz CT molecular complexity index is 355. The summed E-state index contributed by atoms with van der Waals surface area (Å²) in [4.78, 5) is 0. The average Bonchev–Trinajstić information content (AvgIpc) is 2.22. The van der Waals surface area contributed by atoms with Crippen LogP contribution in [0.3, 0.4) is 0 Å². The molecule has 0 saturated heterocycles. The molecular weight excluding hydrogens is 223 g/mol. The molecule has 1 rings (SSSR count). The summed E-state index contributed by atoms with van der Waals surface area (Å²) in [6, 6.07) is 3.13. The molecule has 0 heterocycles. The largest absolute Gasteiger partial charge is 0.397 e. The molecule has 16 heavy (non-hydrogen) atoms. The molecule has 0 aliphatic carbocycles. The number of anilines is 2. The first-order chi connectivity index (χ1) is 7.54. The number of aryl methyl sites for hydroxylation is 1. The molecule has 90 valence electrons. The number of nitrogens with two attached hydrogens (primary N) is 1. The van der Waals surface area contributed by atoms with Crippen molar-refractivity contribution >= 4 is 23.1 Å². The Balaban J connectivity index is 2.63. The summed E-state index contributed by atoms with van der Waals surface area (Å²) in [7, 11) is 0. The zero-order chi connectivity index (χ0) is 12.1. The van der Waals surface area contributed by atoms with E-state index in [1.54, 1.807) is 13.0 Å². The summed E-state index contributed by atoms with van der Waals surface area (Å²) in [6.07, 6.45) is 2.09. The van der Waals surface area contributed by atoms with Crippen LogP contribution in [0.1, 0.15) is 12.5 Å². The van der Waals surface area contributed by atoms with Gasteiger partial charge in [-0.3, -0.25) is 0 Å². The first kappa shape index (κ1) is 13.2. The third-order valence-electron chi connectivity index (χ3n) is 2.42. The number of hydrogen-bond donors (Lipinski definition) is 2. The van der Waals surface area contributed by atoms with Gasteiger partial charge < -0.3 is 11.1 Å². The van der Waals surface area contributed by atoms with Gasteiger partial charge in [-0.2, -0.15) is 11.8 Å². The summed E-state index contributed by atoms with van der Waals surface area (Å²) >= 11 is 1.82. The van der Waals surface area contributed by atoms with Gasteiger partial charge in [0.15, 0.2) is 0 Å². The van der Waals surface area contributed by atoms with Crippen LogP contribution >= 0.6 is 11.8 Å². The molecule has 0 radical (unpaired) electrons. The van der Waals surface area contributed by atoms with Gasteiger partial charge in [-0.15, -0.1) is 0 Å². The van der Waals surface area contributed by atoms with Crippen molar-refractivity contribution in [3.8, 4) is 0 Å². The van der Waals surface area contributed by atoms with Crippen LogP contribution in [-0.2, 0) is 0 Å². The Labute approximate surface area is 101 Å². The van der Waals surface area contributed by atoms with Crippen LogP contribution < -0.4 is 11.1 Å². The van der Waals surface area contributed by atoms with Crippen LogP contribution in [0.2, 0.25) is 0 Å². The molecule has 0 aromatic heterocycles. The Kier molecular flexibility index (Phi) is 4.93. The molecule has 0 aliphatic heterocycles. The second-order valence-corrected chi connectivity index (χ2v) is 5.04. The van der Waals surface area contributed by atoms with Crippen molar-refractivity contribution in [3.05, 3.63) is 23.5 Å². The Morgan fingerprint density at radius 3 is 2.81 bits per heavy atom. The molecule has 2 nitrogen and oxygen atoms in total. The summed E-state index contributed by atoms with van der Waals surface area (Å²) in [5.41, 5.74) is 7.66. The van der Waals surface area contributed by atoms with Gasteiger partial charge in [0.25, 0.3) is 0 Å². The topological polar surface area (TPSA) is 38.0 Å². The summed E-state index contributed by atoms with van der Waals surface area (Å²) in [5.74, 6) is 1.42. The molecular formula is C12H19FN2S. The number of benzene rings is 1. The van der Waals surface area contributed by atoms with Crippen LogP contribution in [0.25, 0.3) is 0 Å². The van der Waals surface area contributed by atoms with Gasteiger partial charge in [0.1, 0.15) is 5.82 Å². The van der Waals surface area contributed by atoms with E-state index in [0.29, 0.717) is 17.2 Å². The van der Waals surface area contributed by atoms with Gasteiger partial charge in [-0.05, 0) is 42.5 Å². The zero-order valence-corrected chi connectivity index (χ0v) is 10.8. The lowest BCUT2D eigenvalue weighted by Gasteiger charge is -2.14. The van der Waals surface area contributed by atoms with E-state index in [9.17, 15) is 4.39 Å². The molecule has 1 aromatic carbocycles. The minimum Gasteiger partial charge on any atom is -0.397 e. The minimum absolute atomic E-state index is 0.250. The van der Waals surface area contributed by atoms with E-state index in [2.05, 4.69) is 18.5 Å². The number of nitrogens with one attached hydrogen (secondary N) is 1. The molecule has 0 amide bonds. The molecule has 0 aliphatic rings. The SMILES string of the molecule is CSCC(C)CNc1cc(C)c(F)cc1N. The number of halogens is 1. The van der Waals surface area contributed by atoms with Gasteiger partial charge in [-0.1, -0.05) is 6.92 Å². The highest BCUT2D eigenvalue weighted by atomic mass is 32.2. The first-order valence-corrected chi connectivity index (χ1v) is 6.72. The van der Waals surface area contributed by atoms with Gasteiger partial charge in [-0.25, -0.2) is 4.39 Å². The molecule has 0 fully saturated rings. The molecule has 1 unspecified atom stereocenters. The normalized spacial score (nSPS) is 12.5. The highest BCUT2D eigenvalue weighted by molar-refractivity contribution is 7.98. The fourth-order valence-electron chi connectivity index (χ4n) is 1.48. The van der Waals surface area contributed by atoms with Crippen molar-refractivity contribution in [3.63, 3.8) is 0 Å². The first-order valence-electron chi connectivity index (χ1n) is 5.33. The second kappa shape index (κ2) is 5.99. The minimum atomic E-state index is -0.250. The van der Waals surface area contributed by atoms with E-state index >= 15 is 0 Å². The maximum absolute atomic E-state index is 13.2. The van der Waals surface area contributed by atoms with Crippen molar-refractivity contribution in [1.29, 1.82) is 0 Å². The number of nitrogen functional groups attached to an aromatic ring is 1. The molecule has 0 saturated carbocycles. The third-order valence-corrected chi connectivity index (χ3v) is 3.33. The van der Waals surface area contributed by atoms with Crippen molar-refractivity contribution in [2.45, 2.75) is 13.8 Å². The molecule has 3 N–H and O–H groups in total. The maximum Gasteiger partial charge on any atom is 0.128 e. The maximum atomic E-state index is 13.2. The molecule has 1 atom stereocenters. The quantitative estimate of drug-likeness (QED) is 0.779. The van der Waals surface area contributed by atoms with E-state index < -0.39 is 0 Å². The monoisotopic (exact) mass is 242 g/mol. The Morgan fingerprint density at radius 1 is 1.50 bits per heavy atom. The summed E-state index contributed by atoms with van der Waals surface area (Å²) < 4.78 is 13.2. The molecule has 1 aromatic rings. The van der Waals surface area contributed by atoms with E-state index in [0.717, 1.165) is 18.0 Å². The Morgan fingerprint density at radius 2 is 2.19 bits per heavy atom. The van der Waals surface area contributed by atoms with Gasteiger partial charge in [0.05, 0.1) is 11.4 Å². The molecule has 4 heteroatoms. The fraction of sp³-hybridized carbons (Fsp3) is 0.500. The van der Waals surface area contributed by atoms with E-state index in [1.165, 1.54) is 6.07 Å². The molecule has 0 spiro atoms.